The van der Waals surface area contributed by atoms with Gasteiger partial charge >= 0.3 is 0 Å². The molecule has 0 bridgehead atoms. The first-order chi connectivity index (χ1) is 14.0. The fourth-order valence-electron chi connectivity index (χ4n) is 3.19. The van der Waals surface area contributed by atoms with E-state index in [1.54, 1.807) is 24.3 Å². The molecule has 2 aromatic rings. The maximum absolute atomic E-state index is 12.7. The standard InChI is InChI=1S/C22H23N3O4/c1-15(16-7-3-2-4-8-16)23-22(29)17-9-5-6-10-18(17)24-19(26)13-14-25-20(27)11-12-21(25)28/h2-10,15H,11-14H2,1H3,(H,23,29)(H,24,26)/t15-/m0/s1. The third-order valence-corrected chi connectivity index (χ3v) is 4.81. The highest BCUT2D eigenvalue weighted by Crippen LogP contribution is 2.19. The topological polar surface area (TPSA) is 95.6 Å². The van der Waals surface area contributed by atoms with Gasteiger partial charge in [0.15, 0.2) is 0 Å². The predicted molar refractivity (Wildman–Crippen MR) is 108 cm³/mol. The van der Waals surface area contributed by atoms with Gasteiger partial charge in [-0.25, -0.2) is 0 Å². The van der Waals surface area contributed by atoms with Crippen LogP contribution in [0.2, 0.25) is 0 Å². The second-order valence-electron chi connectivity index (χ2n) is 6.89. The number of hydrogen-bond acceptors (Lipinski definition) is 4. The summed E-state index contributed by atoms with van der Waals surface area (Å²) in [4.78, 5) is 49.4. The zero-order valence-electron chi connectivity index (χ0n) is 16.2. The number of nitrogens with zero attached hydrogens (tertiary/aromatic N) is 1. The van der Waals surface area contributed by atoms with Crippen molar-refractivity contribution < 1.29 is 19.2 Å². The number of anilines is 1. The molecular weight excluding hydrogens is 370 g/mol. The molecule has 1 fully saturated rings. The molecule has 29 heavy (non-hydrogen) atoms. The van der Waals surface area contributed by atoms with Crippen molar-refractivity contribution in [2.45, 2.75) is 32.2 Å². The molecule has 0 aliphatic carbocycles. The number of hydrogen-bond donors (Lipinski definition) is 2. The third-order valence-electron chi connectivity index (χ3n) is 4.81. The van der Waals surface area contributed by atoms with Crippen molar-refractivity contribution in [3.63, 3.8) is 0 Å². The van der Waals surface area contributed by atoms with E-state index in [0.29, 0.717) is 11.3 Å². The number of carbonyl (C=O) groups excluding carboxylic acids is 4. The number of likely N-dealkylation sites (tertiary alicyclic amines) is 1. The Labute approximate surface area is 169 Å². The van der Waals surface area contributed by atoms with E-state index in [1.807, 2.05) is 37.3 Å². The van der Waals surface area contributed by atoms with Crippen LogP contribution >= 0.6 is 0 Å². The SMILES string of the molecule is C[C@H](NC(=O)c1ccccc1NC(=O)CCN1C(=O)CCC1=O)c1ccccc1. The van der Waals surface area contributed by atoms with Crippen LogP contribution in [0.5, 0.6) is 0 Å². The number of carbonyl (C=O) groups is 4. The van der Waals surface area contributed by atoms with Gasteiger partial charge in [0.25, 0.3) is 5.91 Å². The summed E-state index contributed by atoms with van der Waals surface area (Å²) in [5, 5.41) is 5.64. The molecule has 7 heteroatoms. The Morgan fingerprint density at radius 1 is 0.966 bits per heavy atom. The van der Waals surface area contributed by atoms with Crippen molar-refractivity contribution >= 4 is 29.3 Å². The Morgan fingerprint density at radius 2 is 1.59 bits per heavy atom. The predicted octanol–water partition coefficient (Wildman–Crippen LogP) is 2.66. The molecule has 2 aromatic carbocycles. The summed E-state index contributed by atoms with van der Waals surface area (Å²) in [6, 6.07) is 16.1. The monoisotopic (exact) mass is 393 g/mol. The lowest BCUT2D eigenvalue weighted by atomic mass is 10.1. The normalized spacial score (nSPS) is 14.6. The maximum Gasteiger partial charge on any atom is 0.253 e. The van der Waals surface area contributed by atoms with E-state index in [0.717, 1.165) is 10.5 Å². The van der Waals surface area contributed by atoms with Crippen molar-refractivity contribution in [1.29, 1.82) is 0 Å². The van der Waals surface area contributed by atoms with E-state index in [4.69, 9.17) is 0 Å². The molecule has 1 saturated heterocycles. The molecule has 0 saturated carbocycles. The van der Waals surface area contributed by atoms with E-state index in [1.165, 1.54) is 0 Å². The van der Waals surface area contributed by atoms with Crippen LogP contribution in [0.25, 0.3) is 0 Å². The Morgan fingerprint density at radius 3 is 2.28 bits per heavy atom. The van der Waals surface area contributed by atoms with E-state index in [2.05, 4.69) is 10.6 Å². The summed E-state index contributed by atoms with van der Waals surface area (Å²) in [5.74, 6) is -1.18. The van der Waals surface area contributed by atoms with Crippen LogP contribution in [-0.4, -0.2) is 35.1 Å². The number of benzene rings is 2. The number of nitrogens with one attached hydrogen (secondary N) is 2. The van der Waals surface area contributed by atoms with Crippen LogP contribution in [-0.2, 0) is 14.4 Å². The molecular formula is C22H23N3O4. The average Bonchev–Trinajstić information content (AvgIpc) is 3.05. The Balaban J connectivity index is 1.62. The van der Waals surface area contributed by atoms with Crippen LogP contribution in [0.3, 0.4) is 0 Å². The quantitative estimate of drug-likeness (QED) is 0.707. The van der Waals surface area contributed by atoms with Gasteiger partial charge in [0, 0.05) is 25.8 Å². The van der Waals surface area contributed by atoms with Gasteiger partial charge in [0.2, 0.25) is 17.7 Å². The molecule has 0 aromatic heterocycles. The summed E-state index contributed by atoms with van der Waals surface area (Å²) in [7, 11) is 0. The van der Waals surface area contributed by atoms with Crippen LogP contribution in [0, 0.1) is 0 Å². The molecule has 0 radical (unpaired) electrons. The first kappa shape index (κ1) is 20.3. The lowest BCUT2D eigenvalue weighted by Crippen LogP contribution is -2.32. The minimum Gasteiger partial charge on any atom is -0.345 e. The Kier molecular flexibility index (Phi) is 6.39. The van der Waals surface area contributed by atoms with Crippen molar-refractivity contribution in [2.75, 3.05) is 11.9 Å². The molecule has 4 amide bonds. The van der Waals surface area contributed by atoms with Crippen molar-refractivity contribution in [3.8, 4) is 0 Å². The zero-order valence-corrected chi connectivity index (χ0v) is 16.2. The molecule has 7 nitrogen and oxygen atoms in total. The summed E-state index contributed by atoms with van der Waals surface area (Å²) >= 11 is 0. The Hall–Kier alpha value is -3.48. The fourth-order valence-corrected chi connectivity index (χ4v) is 3.19. The fraction of sp³-hybridized carbons (Fsp3) is 0.273. The van der Waals surface area contributed by atoms with E-state index in [9.17, 15) is 19.2 Å². The third kappa shape index (κ3) is 5.07. The second kappa shape index (κ2) is 9.14. The van der Waals surface area contributed by atoms with Crippen molar-refractivity contribution in [1.82, 2.24) is 10.2 Å². The van der Waals surface area contributed by atoms with Crippen LogP contribution in [0.15, 0.2) is 54.6 Å². The Bertz CT molecular complexity index is 911. The first-order valence-corrected chi connectivity index (χ1v) is 9.53. The summed E-state index contributed by atoms with van der Waals surface area (Å²) in [6.07, 6.45) is 0.375. The molecule has 1 aliphatic heterocycles. The lowest BCUT2D eigenvalue weighted by Gasteiger charge is -2.17. The van der Waals surface area contributed by atoms with Gasteiger partial charge in [-0.3, -0.25) is 24.1 Å². The van der Waals surface area contributed by atoms with E-state index in [-0.39, 0.29) is 55.5 Å². The molecule has 1 heterocycles. The summed E-state index contributed by atoms with van der Waals surface area (Å²) in [5.41, 5.74) is 1.70. The van der Waals surface area contributed by atoms with Crippen molar-refractivity contribution in [2.24, 2.45) is 0 Å². The van der Waals surface area contributed by atoms with Gasteiger partial charge < -0.3 is 10.6 Å². The zero-order chi connectivity index (χ0) is 20.8. The van der Waals surface area contributed by atoms with Crippen LogP contribution < -0.4 is 10.6 Å². The first-order valence-electron chi connectivity index (χ1n) is 9.53. The molecule has 1 atom stereocenters. The van der Waals surface area contributed by atoms with Crippen LogP contribution in [0.1, 0.15) is 48.1 Å². The number of imide groups is 1. The highest BCUT2D eigenvalue weighted by Gasteiger charge is 2.28. The minimum absolute atomic E-state index is 0.0200. The largest absolute Gasteiger partial charge is 0.345 e. The number of para-hydroxylation sites is 1. The van der Waals surface area contributed by atoms with Crippen LogP contribution in [0.4, 0.5) is 5.69 Å². The second-order valence-corrected chi connectivity index (χ2v) is 6.89. The van der Waals surface area contributed by atoms with Gasteiger partial charge in [-0.2, -0.15) is 0 Å². The highest BCUT2D eigenvalue weighted by molar-refractivity contribution is 6.05. The van der Waals surface area contributed by atoms with Gasteiger partial charge in [-0.15, -0.1) is 0 Å². The molecule has 2 N–H and O–H groups in total. The molecule has 0 spiro atoms. The smallest absolute Gasteiger partial charge is 0.253 e. The number of rotatable bonds is 7. The maximum atomic E-state index is 12.7. The molecule has 3 rings (SSSR count). The summed E-state index contributed by atoms with van der Waals surface area (Å²) < 4.78 is 0. The lowest BCUT2D eigenvalue weighted by molar-refractivity contribution is -0.138. The van der Waals surface area contributed by atoms with Gasteiger partial charge in [-0.1, -0.05) is 42.5 Å². The van der Waals surface area contributed by atoms with Gasteiger partial charge in [-0.05, 0) is 24.6 Å². The van der Waals surface area contributed by atoms with Gasteiger partial charge in [0.1, 0.15) is 0 Å². The highest BCUT2D eigenvalue weighted by atomic mass is 16.2. The summed E-state index contributed by atoms with van der Waals surface area (Å²) in [6.45, 7) is 1.93. The van der Waals surface area contributed by atoms with E-state index < -0.39 is 0 Å². The molecule has 0 unspecified atom stereocenters. The number of amides is 4. The van der Waals surface area contributed by atoms with Gasteiger partial charge in [0.05, 0.1) is 17.3 Å². The minimum atomic E-state index is -0.367. The van der Waals surface area contributed by atoms with E-state index >= 15 is 0 Å². The average molecular weight is 393 g/mol. The van der Waals surface area contributed by atoms with Crippen molar-refractivity contribution in [3.05, 3.63) is 65.7 Å². The molecule has 150 valence electrons. The molecule has 1 aliphatic rings.